The number of rotatable bonds is 2. The zero-order valence-corrected chi connectivity index (χ0v) is 11.7. The molecule has 2 heterocycles. The summed E-state index contributed by atoms with van der Waals surface area (Å²) in [6, 6.07) is 10.1. The van der Waals surface area contributed by atoms with Crippen molar-refractivity contribution in [2.75, 3.05) is 5.73 Å². The summed E-state index contributed by atoms with van der Waals surface area (Å²) in [7, 11) is 0. The first-order valence-corrected chi connectivity index (χ1v) is 7.09. The van der Waals surface area contributed by atoms with E-state index in [2.05, 4.69) is 32.9 Å². The number of nitrogens with zero attached hydrogens (tertiary/aromatic N) is 4. The van der Waals surface area contributed by atoms with Crippen molar-refractivity contribution >= 4 is 16.9 Å². The van der Waals surface area contributed by atoms with E-state index in [0.717, 1.165) is 40.8 Å². The number of aryl methyl sites for hydroxylation is 1. The summed E-state index contributed by atoms with van der Waals surface area (Å²) in [5, 5.41) is 1.14. The van der Waals surface area contributed by atoms with E-state index in [4.69, 9.17) is 5.73 Å². The number of anilines is 1. The molecule has 0 bridgehead atoms. The van der Waals surface area contributed by atoms with Crippen LogP contribution in [-0.2, 0) is 0 Å². The van der Waals surface area contributed by atoms with Crippen molar-refractivity contribution in [2.24, 2.45) is 0 Å². The number of para-hydroxylation sites is 1. The van der Waals surface area contributed by atoms with Gasteiger partial charge in [-0.05, 0) is 37.5 Å². The lowest BCUT2D eigenvalue weighted by molar-refractivity contribution is 0.899. The molecule has 0 spiro atoms. The lowest BCUT2D eigenvalue weighted by Crippen LogP contribution is -2.05. The molecule has 1 aliphatic rings. The topological polar surface area (TPSA) is 77.6 Å². The van der Waals surface area contributed by atoms with E-state index in [1.54, 1.807) is 0 Å². The molecule has 0 amide bonds. The first-order valence-electron chi connectivity index (χ1n) is 7.09. The smallest absolute Gasteiger partial charge is 0.223 e. The second-order valence-corrected chi connectivity index (χ2v) is 5.49. The zero-order chi connectivity index (χ0) is 14.4. The van der Waals surface area contributed by atoms with Gasteiger partial charge in [0.15, 0.2) is 5.82 Å². The van der Waals surface area contributed by atoms with Crippen molar-refractivity contribution in [3.8, 4) is 11.5 Å². The van der Waals surface area contributed by atoms with Crippen LogP contribution in [0.2, 0.25) is 0 Å². The first kappa shape index (κ1) is 12.2. The van der Waals surface area contributed by atoms with Crippen molar-refractivity contribution in [3.63, 3.8) is 0 Å². The van der Waals surface area contributed by atoms with Gasteiger partial charge < -0.3 is 5.73 Å². The summed E-state index contributed by atoms with van der Waals surface area (Å²) in [5.41, 5.74) is 8.67. The van der Waals surface area contributed by atoms with E-state index in [1.165, 1.54) is 0 Å². The van der Waals surface area contributed by atoms with Gasteiger partial charge in [0.2, 0.25) is 5.95 Å². The number of hydrogen-bond donors (Lipinski definition) is 1. The molecule has 0 saturated heterocycles. The van der Waals surface area contributed by atoms with Crippen molar-refractivity contribution in [1.29, 1.82) is 0 Å². The molecule has 104 valence electrons. The van der Waals surface area contributed by atoms with E-state index >= 15 is 0 Å². The molecule has 5 nitrogen and oxygen atoms in total. The third kappa shape index (κ3) is 2.20. The minimum absolute atomic E-state index is 0.273. The third-order valence-corrected chi connectivity index (χ3v) is 3.76. The monoisotopic (exact) mass is 277 g/mol. The Kier molecular flexibility index (Phi) is 2.60. The van der Waals surface area contributed by atoms with Crippen LogP contribution in [0.4, 0.5) is 5.95 Å². The van der Waals surface area contributed by atoms with Gasteiger partial charge in [-0.25, -0.2) is 9.97 Å². The minimum Gasteiger partial charge on any atom is -0.368 e. The van der Waals surface area contributed by atoms with Gasteiger partial charge in [-0.2, -0.15) is 9.97 Å². The van der Waals surface area contributed by atoms with E-state index in [9.17, 15) is 0 Å². The standard InChI is InChI=1S/C16H15N5/c1-9-8-13(18-12-5-3-2-4-11(9)12)15-19-14(10-6-7-10)20-16(17)21-15/h2-5,8,10H,6-7H2,1H3,(H2,17,19,20,21). The molecule has 1 aliphatic carbocycles. The zero-order valence-electron chi connectivity index (χ0n) is 11.7. The van der Waals surface area contributed by atoms with Crippen LogP contribution in [-0.4, -0.2) is 19.9 Å². The molecule has 1 fully saturated rings. The summed E-state index contributed by atoms with van der Waals surface area (Å²) >= 11 is 0. The van der Waals surface area contributed by atoms with Gasteiger partial charge in [0.25, 0.3) is 0 Å². The summed E-state index contributed by atoms with van der Waals surface area (Å²) in [6.45, 7) is 2.07. The molecule has 0 atom stereocenters. The van der Waals surface area contributed by atoms with Crippen molar-refractivity contribution in [2.45, 2.75) is 25.7 Å². The highest BCUT2D eigenvalue weighted by molar-refractivity contribution is 5.84. The van der Waals surface area contributed by atoms with Gasteiger partial charge in [0, 0.05) is 11.3 Å². The maximum Gasteiger partial charge on any atom is 0.223 e. The largest absolute Gasteiger partial charge is 0.368 e. The Morgan fingerprint density at radius 3 is 2.67 bits per heavy atom. The molecule has 0 aliphatic heterocycles. The molecule has 1 aromatic carbocycles. The average Bonchev–Trinajstić information content (AvgIpc) is 3.31. The number of aromatic nitrogens is 4. The summed E-state index contributed by atoms with van der Waals surface area (Å²) in [6.07, 6.45) is 2.26. The molecular formula is C16H15N5. The molecule has 21 heavy (non-hydrogen) atoms. The SMILES string of the molecule is Cc1cc(-c2nc(N)nc(C3CC3)n2)nc2ccccc12. The fraction of sp³-hybridized carbons (Fsp3) is 0.250. The van der Waals surface area contributed by atoms with Gasteiger partial charge >= 0.3 is 0 Å². The Morgan fingerprint density at radius 1 is 1.05 bits per heavy atom. The fourth-order valence-electron chi connectivity index (χ4n) is 2.51. The van der Waals surface area contributed by atoms with Crippen LogP contribution in [0.15, 0.2) is 30.3 Å². The summed E-state index contributed by atoms with van der Waals surface area (Å²) < 4.78 is 0. The lowest BCUT2D eigenvalue weighted by atomic mass is 10.1. The van der Waals surface area contributed by atoms with Gasteiger partial charge in [0.05, 0.1) is 5.52 Å². The van der Waals surface area contributed by atoms with E-state index in [-0.39, 0.29) is 5.95 Å². The Hall–Kier alpha value is -2.56. The summed E-state index contributed by atoms with van der Waals surface area (Å²) in [5.74, 6) is 2.08. The van der Waals surface area contributed by atoms with Gasteiger partial charge in [-0.1, -0.05) is 18.2 Å². The lowest BCUT2D eigenvalue weighted by Gasteiger charge is -2.07. The van der Waals surface area contributed by atoms with Crippen LogP contribution < -0.4 is 5.73 Å². The third-order valence-electron chi connectivity index (χ3n) is 3.76. The predicted octanol–water partition coefficient (Wildman–Crippen LogP) is 2.85. The molecule has 2 N–H and O–H groups in total. The predicted molar refractivity (Wildman–Crippen MR) is 81.7 cm³/mol. The van der Waals surface area contributed by atoms with Crippen LogP contribution in [0.3, 0.4) is 0 Å². The Labute approximate surface area is 122 Å². The first-order chi connectivity index (χ1) is 10.2. The van der Waals surface area contributed by atoms with Crippen molar-refractivity contribution in [1.82, 2.24) is 19.9 Å². The number of fused-ring (bicyclic) bond motifs is 1. The van der Waals surface area contributed by atoms with Crippen LogP contribution >= 0.6 is 0 Å². The normalized spacial score (nSPS) is 14.5. The molecular weight excluding hydrogens is 262 g/mol. The number of benzene rings is 1. The minimum atomic E-state index is 0.273. The second kappa shape index (κ2) is 4.48. The number of hydrogen-bond acceptors (Lipinski definition) is 5. The van der Waals surface area contributed by atoms with E-state index in [1.807, 2.05) is 24.3 Å². The molecule has 3 aromatic rings. The maximum atomic E-state index is 5.82. The highest BCUT2D eigenvalue weighted by Crippen LogP contribution is 2.38. The Bertz CT molecular complexity index is 839. The van der Waals surface area contributed by atoms with Crippen LogP contribution in [0.25, 0.3) is 22.4 Å². The molecule has 2 aromatic heterocycles. The van der Waals surface area contributed by atoms with Gasteiger partial charge in [-0.15, -0.1) is 0 Å². The highest BCUT2D eigenvalue weighted by atomic mass is 15.1. The highest BCUT2D eigenvalue weighted by Gasteiger charge is 2.27. The molecule has 5 heteroatoms. The van der Waals surface area contributed by atoms with E-state index < -0.39 is 0 Å². The Morgan fingerprint density at radius 2 is 1.86 bits per heavy atom. The second-order valence-electron chi connectivity index (χ2n) is 5.49. The number of nitrogens with two attached hydrogens (primary N) is 1. The van der Waals surface area contributed by atoms with Gasteiger partial charge in [-0.3, -0.25) is 0 Å². The maximum absolute atomic E-state index is 5.82. The Balaban J connectivity index is 1.89. The number of nitrogen functional groups attached to an aromatic ring is 1. The fourth-order valence-corrected chi connectivity index (χ4v) is 2.51. The molecule has 0 unspecified atom stereocenters. The van der Waals surface area contributed by atoms with Crippen LogP contribution in [0.5, 0.6) is 0 Å². The van der Waals surface area contributed by atoms with E-state index in [0.29, 0.717) is 11.7 Å². The molecule has 0 radical (unpaired) electrons. The average molecular weight is 277 g/mol. The summed E-state index contributed by atoms with van der Waals surface area (Å²) in [4.78, 5) is 17.7. The van der Waals surface area contributed by atoms with Gasteiger partial charge in [0.1, 0.15) is 11.5 Å². The van der Waals surface area contributed by atoms with Crippen molar-refractivity contribution < 1.29 is 0 Å². The molecule has 1 saturated carbocycles. The molecule has 4 rings (SSSR count). The quantitative estimate of drug-likeness (QED) is 0.779. The number of pyridine rings is 1. The van der Waals surface area contributed by atoms with Crippen LogP contribution in [0, 0.1) is 6.92 Å². The van der Waals surface area contributed by atoms with Crippen LogP contribution in [0.1, 0.15) is 30.1 Å². The van der Waals surface area contributed by atoms with Crippen molar-refractivity contribution in [3.05, 3.63) is 41.7 Å².